The zero-order valence-corrected chi connectivity index (χ0v) is 14.9. The fourth-order valence-electron chi connectivity index (χ4n) is 3.28. The van der Waals surface area contributed by atoms with Crippen molar-refractivity contribution in [3.63, 3.8) is 0 Å². The minimum atomic E-state index is -0.120. The number of para-hydroxylation sites is 1. The third kappa shape index (κ3) is 4.29. The number of hydrogen-bond donors (Lipinski definition) is 1. The fourth-order valence-corrected chi connectivity index (χ4v) is 3.28. The lowest BCUT2D eigenvalue weighted by molar-refractivity contribution is 0.0950. The number of pyridine rings is 1. The summed E-state index contributed by atoms with van der Waals surface area (Å²) in [4.78, 5) is 19.1. The molecule has 5 nitrogen and oxygen atoms in total. The average Bonchev–Trinajstić information content (AvgIpc) is 2.66. The van der Waals surface area contributed by atoms with Crippen LogP contribution in [0, 0.1) is 5.92 Å². The highest BCUT2D eigenvalue weighted by atomic mass is 16.5. The lowest BCUT2D eigenvalue weighted by Crippen LogP contribution is -2.34. The molecule has 0 saturated carbocycles. The Balaban J connectivity index is 1.67. The van der Waals surface area contributed by atoms with Gasteiger partial charge in [-0.25, -0.2) is 0 Å². The van der Waals surface area contributed by atoms with Gasteiger partial charge in [0.05, 0.1) is 24.6 Å². The van der Waals surface area contributed by atoms with Gasteiger partial charge in [0.25, 0.3) is 5.91 Å². The lowest BCUT2D eigenvalue weighted by atomic mass is 10.00. The van der Waals surface area contributed by atoms with E-state index in [1.54, 1.807) is 13.3 Å². The number of amides is 1. The van der Waals surface area contributed by atoms with E-state index in [9.17, 15) is 4.79 Å². The number of nitrogens with one attached hydrogen (secondary N) is 1. The van der Waals surface area contributed by atoms with Gasteiger partial charge in [0.1, 0.15) is 5.75 Å². The Morgan fingerprint density at radius 3 is 3.00 bits per heavy atom. The van der Waals surface area contributed by atoms with E-state index < -0.39 is 0 Å². The van der Waals surface area contributed by atoms with Crippen LogP contribution in [0.1, 0.15) is 35.7 Å². The molecule has 2 heterocycles. The number of ether oxygens (including phenoxy) is 1. The first-order valence-corrected chi connectivity index (χ1v) is 8.77. The molecule has 1 aliphatic rings. The maximum Gasteiger partial charge on any atom is 0.253 e. The van der Waals surface area contributed by atoms with Crippen LogP contribution in [-0.4, -0.2) is 31.1 Å². The van der Waals surface area contributed by atoms with Gasteiger partial charge >= 0.3 is 0 Å². The molecule has 1 aromatic heterocycles. The van der Waals surface area contributed by atoms with E-state index in [0.29, 0.717) is 18.0 Å². The van der Waals surface area contributed by atoms with Crippen LogP contribution in [0.5, 0.6) is 5.75 Å². The van der Waals surface area contributed by atoms with E-state index in [4.69, 9.17) is 4.74 Å². The van der Waals surface area contributed by atoms with Gasteiger partial charge in [0.2, 0.25) is 0 Å². The molecule has 1 fully saturated rings. The maximum absolute atomic E-state index is 12.5. The van der Waals surface area contributed by atoms with Crippen LogP contribution in [0.15, 0.2) is 42.7 Å². The number of aromatic nitrogens is 1. The molecule has 1 aromatic carbocycles. The zero-order valence-electron chi connectivity index (χ0n) is 14.9. The number of anilines is 1. The number of carbonyl (C=O) groups excluding carboxylic acids is 1. The van der Waals surface area contributed by atoms with Crippen molar-refractivity contribution in [3.8, 4) is 5.75 Å². The van der Waals surface area contributed by atoms with Crippen molar-refractivity contribution < 1.29 is 9.53 Å². The molecule has 0 radical (unpaired) electrons. The summed E-state index contributed by atoms with van der Waals surface area (Å²) in [6.07, 6.45) is 5.91. The topological polar surface area (TPSA) is 54.5 Å². The van der Waals surface area contributed by atoms with Gasteiger partial charge in [-0.15, -0.1) is 0 Å². The van der Waals surface area contributed by atoms with Gasteiger partial charge in [-0.05, 0) is 30.9 Å². The minimum absolute atomic E-state index is 0.120. The molecule has 0 aliphatic carbocycles. The summed E-state index contributed by atoms with van der Waals surface area (Å²) in [5, 5.41) is 2.95. The lowest BCUT2D eigenvalue weighted by Gasteiger charge is -2.32. The van der Waals surface area contributed by atoms with E-state index >= 15 is 0 Å². The Hall–Kier alpha value is -2.56. The molecule has 1 atom stereocenters. The van der Waals surface area contributed by atoms with E-state index in [0.717, 1.165) is 30.1 Å². The largest absolute Gasteiger partial charge is 0.496 e. The Labute approximate surface area is 149 Å². The summed E-state index contributed by atoms with van der Waals surface area (Å²) in [5.74, 6) is 1.33. The molecular weight excluding hydrogens is 314 g/mol. The Kier molecular flexibility index (Phi) is 5.53. The second kappa shape index (κ2) is 8.01. The molecule has 1 aliphatic heterocycles. The van der Waals surface area contributed by atoms with Gasteiger partial charge in [-0.3, -0.25) is 9.78 Å². The number of rotatable bonds is 5. The van der Waals surface area contributed by atoms with Gasteiger partial charge < -0.3 is 15.0 Å². The summed E-state index contributed by atoms with van der Waals surface area (Å²) in [6.45, 7) is 4.74. The van der Waals surface area contributed by atoms with Gasteiger partial charge in [-0.1, -0.05) is 25.1 Å². The quantitative estimate of drug-likeness (QED) is 0.908. The van der Waals surface area contributed by atoms with Crippen molar-refractivity contribution in [1.82, 2.24) is 10.3 Å². The molecule has 1 saturated heterocycles. The van der Waals surface area contributed by atoms with Crippen LogP contribution in [0.3, 0.4) is 0 Å². The minimum Gasteiger partial charge on any atom is -0.496 e. The first-order valence-electron chi connectivity index (χ1n) is 8.77. The Morgan fingerprint density at radius 2 is 2.20 bits per heavy atom. The molecule has 25 heavy (non-hydrogen) atoms. The van der Waals surface area contributed by atoms with Crippen LogP contribution in [0.4, 0.5) is 5.69 Å². The monoisotopic (exact) mass is 339 g/mol. The summed E-state index contributed by atoms with van der Waals surface area (Å²) in [6, 6.07) is 9.62. The predicted octanol–water partition coefficient (Wildman–Crippen LogP) is 3.26. The van der Waals surface area contributed by atoms with Crippen molar-refractivity contribution in [2.24, 2.45) is 5.92 Å². The maximum atomic E-state index is 12.5. The first-order chi connectivity index (χ1) is 12.2. The number of nitrogens with zero attached hydrogens (tertiary/aromatic N) is 2. The van der Waals surface area contributed by atoms with E-state index in [1.165, 1.54) is 12.8 Å². The summed E-state index contributed by atoms with van der Waals surface area (Å²) in [5.41, 5.74) is 2.56. The number of piperidine rings is 1. The second-order valence-electron chi connectivity index (χ2n) is 6.62. The van der Waals surface area contributed by atoms with Crippen molar-refractivity contribution in [2.75, 3.05) is 25.1 Å². The number of carbonyl (C=O) groups is 1. The summed E-state index contributed by atoms with van der Waals surface area (Å²) >= 11 is 0. The third-order valence-corrected chi connectivity index (χ3v) is 4.64. The molecule has 5 heteroatoms. The predicted molar refractivity (Wildman–Crippen MR) is 99.0 cm³/mol. The Bertz CT molecular complexity index is 732. The average molecular weight is 339 g/mol. The highest BCUT2D eigenvalue weighted by molar-refractivity contribution is 5.94. The molecular formula is C20H25N3O2. The molecule has 1 amide bonds. The van der Waals surface area contributed by atoms with Crippen LogP contribution in [-0.2, 0) is 6.54 Å². The molecule has 132 valence electrons. The van der Waals surface area contributed by atoms with Crippen molar-refractivity contribution in [1.29, 1.82) is 0 Å². The van der Waals surface area contributed by atoms with E-state index in [2.05, 4.69) is 22.1 Å². The summed E-state index contributed by atoms with van der Waals surface area (Å²) in [7, 11) is 1.63. The van der Waals surface area contributed by atoms with E-state index in [1.807, 2.05) is 36.5 Å². The van der Waals surface area contributed by atoms with Crippen LogP contribution in [0.2, 0.25) is 0 Å². The van der Waals surface area contributed by atoms with Crippen LogP contribution >= 0.6 is 0 Å². The highest BCUT2D eigenvalue weighted by Crippen LogP contribution is 2.23. The molecule has 0 spiro atoms. The van der Waals surface area contributed by atoms with Crippen LogP contribution < -0.4 is 15.0 Å². The number of hydrogen-bond acceptors (Lipinski definition) is 4. The van der Waals surface area contributed by atoms with Crippen molar-refractivity contribution >= 4 is 11.6 Å². The summed E-state index contributed by atoms with van der Waals surface area (Å²) < 4.78 is 5.32. The smallest absolute Gasteiger partial charge is 0.253 e. The fraction of sp³-hybridized carbons (Fsp3) is 0.400. The molecule has 2 aromatic rings. The van der Waals surface area contributed by atoms with Gasteiger partial charge in [0.15, 0.2) is 0 Å². The normalized spacial score (nSPS) is 17.2. The van der Waals surface area contributed by atoms with Gasteiger partial charge in [-0.2, -0.15) is 0 Å². The Morgan fingerprint density at radius 1 is 1.36 bits per heavy atom. The highest BCUT2D eigenvalue weighted by Gasteiger charge is 2.18. The molecule has 1 N–H and O–H groups in total. The standard InChI is InChI=1S/C20H25N3O2/c1-15-6-5-9-23(14-15)18-10-17(11-21-13-18)20(24)22-12-16-7-3-4-8-19(16)25-2/h3-4,7-8,10-11,13,15H,5-6,9,12,14H2,1-2H3,(H,22,24). The molecule has 0 bridgehead atoms. The SMILES string of the molecule is COc1ccccc1CNC(=O)c1cncc(N2CCCC(C)C2)c1. The second-order valence-corrected chi connectivity index (χ2v) is 6.62. The molecule has 3 rings (SSSR count). The first kappa shape index (κ1) is 17.3. The van der Waals surface area contributed by atoms with Crippen molar-refractivity contribution in [3.05, 3.63) is 53.9 Å². The van der Waals surface area contributed by atoms with Gasteiger partial charge in [0, 0.05) is 31.4 Å². The molecule has 1 unspecified atom stereocenters. The zero-order chi connectivity index (χ0) is 17.6. The number of benzene rings is 1. The van der Waals surface area contributed by atoms with Crippen molar-refractivity contribution in [2.45, 2.75) is 26.3 Å². The van der Waals surface area contributed by atoms with E-state index in [-0.39, 0.29) is 5.91 Å². The number of methoxy groups -OCH3 is 1. The van der Waals surface area contributed by atoms with Crippen LogP contribution in [0.25, 0.3) is 0 Å². The third-order valence-electron chi connectivity index (χ3n) is 4.64.